The fraction of sp³-hybridized carbons (Fsp3) is 0.600. The lowest BCUT2D eigenvalue weighted by molar-refractivity contribution is 0.116. The number of rotatable bonds is 5. The van der Waals surface area contributed by atoms with E-state index in [1.807, 2.05) is 17.9 Å². The third-order valence-electron chi connectivity index (χ3n) is 5.42. The molecule has 7 heteroatoms. The van der Waals surface area contributed by atoms with Crippen LogP contribution in [0.4, 0.5) is 14.0 Å². The van der Waals surface area contributed by atoms with Crippen LogP contribution in [0.15, 0.2) is 18.2 Å². The number of hydrogen-bond acceptors (Lipinski definition) is 2. The SMILES string of the molecule is CCc1ccc(CNC(=O)N2CCC[C@@H](N(C(=O)NC)C3CC3)C2)c(F)c1. The van der Waals surface area contributed by atoms with Crippen LogP contribution in [0.1, 0.15) is 43.7 Å². The summed E-state index contributed by atoms with van der Waals surface area (Å²) in [6, 6.07) is 5.21. The van der Waals surface area contributed by atoms with Gasteiger partial charge in [0.15, 0.2) is 0 Å². The lowest BCUT2D eigenvalue weighted by Crippen LogP contribution is -2.55. The molecule has 0 unspecified atom stereocenters. The Morgan fingerprint density at radius 2 is 2.04 bits per heavy atom. The van der Waals surface area contributed by atoms with Crippen LogP contribution >= 0.6 is 0 Å². The summed E-state index contributed by atoms with van der Waals surface area (Å²) in [6.07, 6.45) is 4.60. The molecule has 1 aromatic carbocycles. The molecule has 2 N–H and O–H groups in total. The molecule has 2 fully saturated rings. The number of benzene rings is 1. The monoisotopic (exact) mass is 376 g/mol. The Balaban J connectivity index is 1.57. The van der Waals surface area contributed by atoms with Gasteiger partial charge in [-0.25, -0.2) is 14.0 Å². The van der Waals surface area contributed by atoms with Gasteiger partial charge in [0, 0.05) is 38.3 Å². The Hall–Kier alpha value is -2.31. The quantitative estimate of drug-likeness (QED) is 0.830. The molecular weight excluding hydrogens is 347 g/mol. The van der Waals surface area contributed by atoms with Crippen molar-refractivity contribution in [3.8, 4) is 0 Å². The molecule has 1 aromatic rings. The number of carbonyl (C=O) groups is 2. The van der Waals surface area contributed by atoms with E-state index < -0.39 is 0 Å². The molecule has 148 valence electrons. The topological polar surface area (TPSA) is 64.7 Å². The van der Waals surface area contributed by atoms with Gasteiger partial charge < -0.3 is 20.4 Å². The number of aryl methyl sites for hydroxylation is 1. The normalized spacial score (nSPS) is 19.5. The van der Waals surface area contributed by atoms with E-state index in [1.54, 1.807) is 18.0 Å². The standard InChI is InChI=1S/C20H29FN4O2/c1-3-14-6-7-15(18(21)11-14)12-23-20(27)24-10-4-5-17(13-24)25(16-8-9-16)19(26)22-2/h6-7,11,16-17H,3-5,8-10,12-13H2,1-2H3,(H,22,26)(H,23,27)/t17-/m1/s1. The molecule has 4 amide bonds. The van der Waals surface area contributed by atoms with Crippen molar-refractivity contribution < 1.29 is 14.0 Å². The Morgan fingerprint density at radius 1 is 1.26 bits per heavy atom. The van der Waals surface area contributed by atoms with E-state index in [0.717, 1.165) is 37.7 Å². The molecule has 0 aromatic heterocycles. The van der Waals surface area contributed by atoms with E-state index in [1.165, 1.54) is 6.07 Å². The molecule has 27 heavy (non-hydrogen) atoms. The van der Waals surface area contributed by atoms with Crippen molar-refractivity contribution in [3.05, 3.63) is 35.1 Å². The average molecular weight is 376 g/mol. The number of hydrogen-bond donors (Lipinski definition) is 2. The van der Waals surface area contributed by atoms with Crippen molar-refractivity contribution in [1.82, 2.24) is 20.4 Å². The first kappa shape index (κ1) is 19.5. The van der Waals surface area contributed by atoms with E-state index >= 15 is 0 Å². The van der Waals surface area contributed by atoms with Gasteiger partial charge in [0.1, 0.15) is 5.82 Å². The van der Waals surface area contributed by atoms with Gasteiger partial charge in [-0.1, -0.05) is 19.1 Å². The molecule has 1 aliphatic carbocycles. The molecular formula is C20H29FN4O2. The van der Waals surface area contributed by atoms with Crippen LogP contribution in [-0.2, 0) is 13.0 Å². The second kappa shape index (κ2) is 8.59. The first-order valence-corrected chi connectivity index (χ1v) is 9.83. The van der Waals surface area contributed by atoms with Crippen molar-refractivity contribution in [2.75, 3.05) is 20.1 Å². The van der Waals surface area contributed by atoms with Gasteiger partial charge in [-0.15, -0.1) is 0 Å². The van der Waals surface area contributed by atoms with E-state index in [0.29, 0.717) is 24.7 Å². The molecule has 1 saturated heterocycles. The van der Waals surface area contributed by atoms with Crippen LogP contribution in [0.25, 0.3) is 0 Å². The van der Waals surface area contributed by atoms with Gasteiger partial charge in [-0.3, -0.25) is 0 Å². The van der Waals surface area contributed by atoms with E-state index in [4.69, 9.17) is 0 Å². The molecule has 3 rings (SSSR count). The van der Waals surface area contributed by atoms with Gasteiger partial charge in [0.25, 0.3) is 0 Å². The molecule has 2 aliphatic rings. The van der Waals surface area contributed by atoms with Gasteiger partial charge in [0.05, 0.1) is 6.04 Å². The fourth-order valence-corrected chi connectivity index (χ4v) is 3.71. The van der Waals surface area contributed by atoms with Crippen LogP contribution in [0.5, 0.6) is 0 Å². The lowest BCUT2D eigenvalue weighted by atomic mass is 10.0. The molecule has 1 saturated carbocycles. The van der Waals surface area contributed by atoms with Gasteiger partial charge >= 0.3 is 12.1 Å². The summed E-state index contributed by atoms with van der Waals surface area (Å²) in [5, 5.41) is 5.54. The Morgan fingerprint density at radius 3 is 2.67 bits per heavy atom. The van der Waals surface area contributed by atoms with Crippen molar-refractivity contribution in [3.63, 3.8) is 0 Å². The van der Waals surface area contributed by atoms with Crippen molar-refractivity contribution in [2.45, 2.75) is 57.7 Å². The third-order valence-corrected chi connectivity index (χ3v) is 5.42. The zero-order valence-corrected chi connectivity index (χ0v) is 16.1. The smallest absolute Gasteiger partial charge is 0.317 e. The average Bonchev–Trinajstić information content (AvgIpc) is 3.52. The molecule has 1 atom stereocenters. The highest BCUT2D eigenvalue weighted by Crippen LogP contribution is 2.31. The highest BCUT2D eigenvalue weighted by Gasteiger charge is 2.39. The van der Waals surface area contributed by atoms with Gasteiger partial charge in [-0.2, -0.15) is 0 Å². The van der Waals surface area contributed by atoms with Crippen LogP contribution < -0.4 is 10.6 Å². The zero-order chi connectivity index (χ0) is 19.4. The van der Waals surface area contributed by atoms with Crippen molar-refractivity contribution in [1.29, 1.82) is 0 Å². The Labute approximate surface area is 160 Å². The molecule has 0 radical (unpaired) electrons. The minimum absolute atomic E-state index is 0.0394. The lowest BCUT2D eigenvalue weighted by Gasteiger charge is -2.39. The number of nitrogens with zero attached hydrogens (tertiary/aromatic N) is 2. The molecule has 6 nitrogen and oxygen atoms in total. The summed E-state index contributed by atoms with van der Waals surface area (Å²) < 4.78 is 14.1. The molecule has 1 aliphatic heterocycles. The fourth-order valence-electron chi connectivity index (χ4n) is 3.71. The third kappa shape index (κ3) is 4.70. The molecule has 0 spiro atoms. The maximum atomic E-state index is 14.1. The second-order valence-electron chi connectivity index (χ2n) is 7.37. The number of nitrogens with one attached hydrogen (secondary N) is 2. The minimum Gasteiger partial charge on any atom is -0.341 e. The van der Waals surface area contributed by atoms with Crippen LogP contribution in [0.2, 0.25) is 0 Å². The predicted octanol–water partition coefficient (Wildman–Crippen LogP) is 2.87. The molecule has 1 heterocycles. The first-order valence-electron chi connectivity index (χ1n) is 9.83. The summed E-state index contributed by atoms with van der Waals surface area (Å²) >= 11 is 0. The number of urea groups is 2. The highest BCUT2D eigenvalue weighted by atomic mass is 19.1. The summed E-state index contributed by atoms with van der Waals surface area (Å²) in [5.41, 5.74) is 1.43. The predicted molar refractivity (Wildman–Crippen MR) is 102 cm³/mol. The Bertz CT molecular complexity index is 693. The van der Waals surface area contributed by atoms with Crippen LogP contribution in [0.3, 0.4) is 0 Å². The summed E-state index contributed by atoms with van der Waals surface area (Å²) in [5.74, 6) is -0.286. The van der Waals surface area contributed by atoms with Crippen molar-refractivity contribution in [2.24, 2.45) is 0 Å². The number of amides is 4. The summed E-state index contributed by atoms with van der Waals surface area (Å²) in [6.45, 7) is 3.32. The maximum Gasteiger partial charge on any atom is 0.317 e. The summed E-state index contributed by atoms with van der Waals surface area (Å²) in [7, 11) is 1.64. The largest absolute Gasteiger partial charge is 0.341 e. The van der Waals surface area contributed by atoms with Crippen LogP contribution in [-0.4, -0.2) is 54.1 Å². The summed E-state index contributed by atoms with van der Waals surface area (Å²) in [4.78, 5) is 28.4. The van der Waals surface area contributed by atoms with Crippen LogP contribution in [0, 0.1) is 5.82 Å². The molecule has 0 bridgehead atoms. The first-order chi connectivity index (χ1) is 13.0. The van der Waals surface area contributed by atoms with Gasteiger partial charge in [-0.05, 0) is 43.7 Å². The zero-order valence-electron chi connectivity index (χ0n) is 16.1. The highest BCUT2D eigenvalue weighted by molar-refractivity contribution is 5.76. The minimum atomic E-state index is -0.286. The maximum absolute atomic E-state index is 14.1. The number of likely N-dealkylation sites (tertiary alicyclic amines) is 1. The number of piperidine rings is 1. The Kier molecular flexibility index (Phi) is 6.19. The van der Waals surface area contributed by atoms with Gasteiger partial charge in [0.2, 0.25) is 0 Å². The second-order valence-corrected chi connectivity index (χ2v) is 7.37. The van der Waals surface area contributed by atoms with Crippen molar-refractivity contribution >= 4 is 12.1 Å². The van der Waals surface area contributed by atoms with E-state index in [9.17, 15) is 14.0 Å². The number of carbonyl (C=O) groups excluding carboxylic acids is 2. The number of halogens is 1. The van der Waals surface area contributed by atoms with E-state index in [-0.39, 0.29) is 30.5 Å². The van der Waals surface area contributed by atoms with E-state index in [2.05, 4.69) is 10.6 Å².